The van der Waals surface area contributed by atoms with E-state index in [2.05, 4.69) is 291 Å². The molecule has 0 N–H and O–H groups in total. The van der Waals surface area contributed by atoms with Crippen LogP contribution in [0.25, 0.3) is 66.4 Å². The van der Waals surface area contributed by atoms with Crippen molar-refractivity contribution in [1.29, 1.82) is 0 Å². The van der Waals surface area contributed by atoms with Crippen molar-refractivity contribution in [1.82, 2.24) is 0 Å². The molecule has 12 rings (SSSR count). The Labute approximate surface area is 405 Å². The van der Waals surface area contributed by atoms with Crippen LogP contribution in [0.5, 0.6) is 0 Å². The maximum atomic E-state index is 2.50. The number of nitrogens with zero attached hydrogens (tertiary/aromatic N) is 2. The molecule has 69 heavy (non-hydrogen) atoms. The van der Waals surface area contributed by atoms with Gasteiger partial charge in [0, 0.05) is 39.4 Å². The topological polar surface area (TPSA) is 6.48 Å². The molecule has 1 aliphatic rings. The first kappa shape index (κ1) is 41.7. The van der Waals surface area contributed by atoms with E-state index in [-0.39, 0.29) is 5.41 Å². The van der Waals surface area contributed by atoms with Gasteiger partial charge in [0.1, 0.15) is 0 Å². The van der Waals surface area contributed by atoms with Crippen LogP contribution in [0.15, 0.2) is 267 Å². The van der Waals surface area contributed by atoms with E-state index in [0.717, 1.165) is 56.4 Å². The molecule has 1 aliphatic carbocycles. The van der Waals surface area contributed by atoms with Gasteiger partial charge in [-0.1, -0.05) is 220 Å². The average Bonchev–Trinajstić information content (AvgIpc) is 3.64. The van der Waals surface area contributed by atoms with E-state index in [9.17, 15) is 0 Å². The normalized spacial score (nSPS) is 12.3. The molecule has 328 valence electrons. The summed E-state index contributed by atoms with van der Waals surface area (Å²) in [6.45, 7) is 4.74. The second-order valence-electron chi connectivity index (χ2n) is 18.5. The van der Waals surface area contributed by atoms with E-state index < -0.39 is 0 Å². The SMILES string of the molecule is CC1(C)c2ccccc2-c2ccc(N(c3cc(-c4ccccc4-c4ccc5ccccc5c4-c4ccccc4)cc(N(c4ccccc4)c4ccccc4)c3)c3ccccc3-c3ccccc3)cc21. The van der Waals surface area contributed by atoms with Gasteiger partial charge in [0.25, 0.3) is 0 Å². The van der Waals surface area contributed by atoms with Crippen molar-refractivity contribution in [2.24, 2.45) is 0 Å². The lowest BCUT2D eigenvalue weighted by Crippen LogP contribution is -2.17. The third-order valence-corrected chi connectivity index (χ3v) is 14.0. The molecule has 0 fully saturated rings. The largest absolute Gasteiger partial charge is 0.310 e. The monoisotopic (exact) mass is 882 g/mol. The molecule has 0 aromatic heterocycles. The van der Waals surface area contributed by atoms with Crippen molar-refractivity contribution >= 4 is 44.9 Å². The summed E-state index contributed by atoms with van der Waals surface area (Å²) in [6, 6.07) is 97.6. The lowest BCUT2D eigenvalue weighted by Gasteiger charge is -2.32. The Kier molecular flexibility index (Phi) is 10.6. The standard InChI is InChI=1S/C67H50N2/c1-67(2)63-37-21-19-36-60(63)61-42-40-53(46-64(61)67)69(65-38-22-20-33-57(65)47-23-7-3-8-24-47)55-44-50(43-54(45-55)68(51-28-11-5-12-29-51)52-30-13-6-14-31-52)56-32-17-18-35-59(56)62-41-39-48-25-15-16-34-58(48)66(62)49-26-9-4-10-27-49/h3-46H,1-2H3. The summed E-state index contributed by atoms with van der Waals surface area (Å²) in [5.74, 6) is 0. The molecule has 0 aliphatic heterocycles. The van der Waals surface area contributed by atoms with Gasteiger partial charge in [0.15, 0.2) is 0 Å². The van der Waals surface area contributed by atoms with Crippen LogP contribution in [0.2, 0.25) is 0 Å². The number of para-hydroxylation sites is 3. The quantitative estimate of drug-likeness (QED) is 0.135. The van der Waals surface area contributed by atoms with Gasteiger partial charge in [0.2, 0.25) is 0 Å². The minimum atomic E-state index is -0.188. The number of rotatable bonds is 10. The molecule has 2 nitrogen and oxygen atoms in total. The minimum absolute atomic E-state index is 0.188. The van der Waals surface area contributed by atoms with Gasteiger partial charge >= 0.3 is 0 Å². The molecule has 0 amide bonds. The Morgan fingerprint density at radius 3 is 1.48 bits per heavy atom. The zero-order valence-electron chi connectivity index (χ0n) is 38.8. The first-order valence-corrected chi connectivity index (χ1v) is 23.9. The van der Waals surface area contributed by atoms with Gasteiger partial charge in [-0.2, -0.15) is 0 Å². The van der Waals surface area contributed by atoms with Crippen LogP contribution in [0.4, 0.5) is 34.1 Å². The Morgan fingerprint density at radius 2 is 0.783 bits per heavy atom. The summed E-state index contributed by atoms with van der Waals surface area (Å²) in [6.07, 6.45) is 0. The molecule has 0 spiro atoms. The van der Waals surface area contributed by atoms with Crippen LogP contribution in [-0.4, -0.2) is 0 Å². The molecular weight excluding hydrogens is 833 g/mol. The van der Waals surface area contributed by atoms with Crippen LogP contribution < -0.4 is 9.80 Å². The van der Waals surface area contributed by atoms with Crippen molar-refractivity contribution in [2.75, 3.05) is 9.80 Å². The van der Waals surface area contributed by atoms with Gasteiger partial charge in [0.05, 0.1) is 5.69 Å². The van der Waals surface area contributed by atoms with Crippen LogP contribution >= 0.6 is 0 Å². The highest BCUT2D eigenvalue weighted by atomic mass is 15.2. The molecule has 0 unspecified atom stereocenters. The van der Waals surface area contributed by atoms with E-state index in [1.807, 2.05) is 0 Å². The number of fused-ring (bicyclic) bond motifs is 4. The molecule has 0 bridgehead atoms. The molecule has 2 heteroatoms. The lowest BCUT2D eigenvalue weighted by atomic mass is 9.82. The Hall–Kier alpha value is -8.72. The predicted molar refractivity (Wildman–Crippen MR) is 293 cm³/mol. The Bertz CT molecular complexity index is 3590. The molecule has 0 atom stereocenters. The van der Waals surface area contributed by atoms with E-state index in [1.54, 1.807) is 0 Å². The molecule has 0 radical (unpaired) electrons. The molecular formula is C67H50N2. The average molecular weight is 883 g/mol. The number of benzene rings is 11. The highest BCUT2D eigenvalue weighted by Gasteiger charge is 2.36. The van der Waals surface area contributed by atoms with E-state index in [0.29, 0.717) is 0 Å². The van der Waals surface area contributed by atoms with Crippen LogP contribution in [0, 0.1) is 0 Å². The molecule has 0 saturated carbocycles. The third-order valence-electron chi connectivity index (χ3n) is 14.0. The number of hydrogen-bond donors (Lipinski definition) is 0. The van der Waals surface area contributed by atoms with Crippen molar-refractivity contribution in [3.8, 4) is 55.6 Å². The summed E-state index contributed by atoms with van der Waals surface area (Å²) in [7, 11) is 0. The summed E-state index contributed by atoms with van der Waals surface area (Å²) < 4.78 is 0. The van der Waals surface area contributed by atoms with Crippen molar-refractivity contribution < 1.29 is 0 Å². The van der Waals surface area contributed by atoms with Crippen LogP contribution in [0.1, 0.15) is 25.0 Å². The van der Waals surface area contributed by atoms with Crippen LogP contribution in [-0.2, 0) is 5.41 Å². The highest BCUT2D eigenvalue weighted by molar-refractivity contribution is 6.06. The third kappa shape index (κ3) is 7.48. The number of anilines is 6. The van der Waals surface area contributed by atoms with Gasteiger partial charge in [-0.3, -0.25) is 0 Å². The summed E-state index contributed by atoms with van der Waals surface area (Å²) in [5.41, 5.74) is 20.9. The summed E-state index contributed by atoms with van der Waals surface area (Å²) in [4.78, 5) is 4.89. The fourth-order valence-electron chi connectivity index (χ4n) is 10.8. The highest BCUT2D eigenvalue weighted by Crippen LogP contribution is 2.53. The van der Waals surface area contributed by atoms with Crippen molar-refractivity contribution in [2.45, 2.75) is 19.3 Å². The second-order valence-corrected chi connectivity index (χ2v) is 18.5. The Balaban J connectivity index is 1.16. The molecule has 11 aromatic rings. The fourth-order valence-corrected chi connectivity index (χ4v) is 10.8. The van der Waals surface area contributed by atoms with Gasteiger partial charge in [-0.15, -0.1) is 0 Å². The maximum absolute atomic E-state index is 2.50. The van der Waals surface area contributed by atoms with E-state index in [1.165, 1.54) is 55.3 Å². The number of hydrogen-bond acceptors (Lipinski definition) is 2. The smallest absolute Gasteiger partial charge is 0.0540 e. The first-order chi connectivity index (χ1) is 34.0. The summed E-state index contributed by atoms with van der Waals surface area (Å²) in [5, 5.41) is 2.45. The molecule has 11 aromatic carbocycles. The second kappa shape index (κ2) is 17.5. The fraction of sp³-hybridized carbons (Fsp3) is 0.0448. The van der Waals surface area contributed by atoms with Crippen molar-refractivity contribution in [3.63, 3.8) is 0 Å². The lowest BCUT2D eigenvalue weighted by molar-refractivity contribution is 0.660. The summed E-state index contributed by atoms with van der Waals surface area (Å²) >= 11 is 0. The predicted octanol–water partition coefficient (Wildman–Crippen LogP) is 18.8. The van der Waals surface area contributed by atoms with Gasteiger partial charge in [-0.05, 0) is 133 Å². The van der Waals surface area contributed by atoms with E-state index in [4.69, 9.17) is 0 Å². The Morgan fingerprint density at radius 1 is 0.275 bits per heavy atom. The van der Waals surface area contributed by atoms with E-state index >= 15 is 0 Å². The maximum Gasteiger partial charge on any atom is 0.0540 e. The van der Waals surface area contributed by atoms with Gasteiger partial charge in [-0.25, -0.2) is 0 Å². The first-order valence-electron chi connectivity index (χ1n) is 23.9. The minimum Gasteiger partial charge on any atom is -0.310 e. The molecule has 0 saturated heterocycles. The van der Waals surface area contributed by atoms with Crippen LogP contribution in [0.3, 0.4) is 0 Å². The zero-order chi connectivity index (χ0) is 46.3. The molecule has 0 heterocycles. The van der Waals surface area contributed by atoms with Crippen molar-refractivity contribution in [3.05, 3.63) is 278 Å². The zero-order valence-corrected chi connectivity index (χ0v) is 38.8. The van der Waals surface area contributed by atoms with Gasteiger partial charge < -0.3 is 9.80 Å².